The van der Waals surface area contributed by atoms with Crippen molar-refractivity contribution in [1.82, 2.24) is 19.5 Å². The molecule has 0 atom stereocenters. The Morgan fingerprint density at radius 3 is 1.75 bits per heavy atom. The molecule has 0 saturated heterocycles. The van der Waals surface area contributed by atoms with E-state index < -0.39 is 5.41 Å². The largest absolute Gasteiger partial charge is 0.309 e. The van der Waals surface area contributed by atoms with Crippen LogP contribution in [0.5, 0.6) is 0 Å². The number of nitrogens with zero attached hydrogens (tertiary/aromatic N) is 4. The van der Waals surface area contributed by atoms with Crippen LogP contribution in [-0.4, -0.2) is 19.5 Å². The second-order valence-corrected chi connectivity index (χ2v) is 17.4. The van der Waals surface area contributed by atoms with Crippen LogP contribution in [0.25, 0.3) is 93.0 Å². The van der Waals surface area contributed by atoms with Crippen molar-refractivity contribution in [2.45, 2.75) is 5.41 Å². The van der Waals surface area contributed by atoms with Gasteiger partial charge in [-0.2, -0.15) is 0 Å². The molecular formula is C58H36N4S. The van der Waals surface area contributed by atoms with Crippen LogP contribution in [-0.2, 0) is 5.41 Å². The molecule has 5 heteroatoms. The van der Waals surface area contributed by atoms with Crippen molar-refractivity contribution < 1.29 is 0 Å². The third kappa shape index (κ3) is 5.37. The minimum atomic E-state index is -0.488. The molecule has 0 saturated carbocycles. The zero-order valence-electron chi connectivity index (χ0n) is 34.0. The molecule has 294 valence electrons. The minimum Gasteiger partial charge on any atom is -0.309 e. The summed E-state index contributed by atoms with van der Waals surface area (Å²) in [5.74, 6) is 1.93. The van der Waals surface area contributed by atoms with Crippen molar-refractivity contribution in [1.29, 1.82) is 0 Å². The van der Waals surface area contributed by atoms with Crippen LogP contribution < -0.4 is 0 Å². The first-order valence-electron chi connectivity index (χ1n) is 21.4. The van der Waals surface area contributed by atoms with E-state index in [9.17, 15) is 0 Å². The zero-order chi connectivity index (χ0) is 41.5. The lowest BCUT2D eigenvalue weighted by molar-refractivity contribution is 0.769. The molecule has 1 aliphatic carbocycles. The van der Waals surface area contributed by atoms with Gasteiger partial charge in [-0.1, -0.05) is 176 Å². The van der Waals surface area contributed by atoms with Gasteiger partial charge in [0, 0.05) is 53.3 Å². The quantitative estimate of drug-likeness (QED) is 0.168. The summed E-state index contributed by atoms with van der Waals surface area (Å²) in [7, 11) is 0. The smallest absolute Gasteiger partial charge is 0.164 e. The molecule has 63 heavy (non-hydrogen) atoms. The summed E-state index contributed by atoms with van der Waals surface area (Å²) in [5.41, 5.74) is 13.3. The first kappa shape index (κ1) is 35.7. The lowest BCUT2D eigenvalue weighted by atomic mass is 9.67. The number of hydrogen-bond acceptors (Lipinski definition) is 4. The fraction of sp³-hybridized carbons (Fsp3) is 0.0172. The highest BCUT2D eigenvalue weighted by atomic mass is 32.1. The standard InChI is InChI=1S/C58H36N4S/c1-4-18-37(19-5-1)55-59-56(61-57(60-55)45-29-17-33-53-54(45)44-28-12-15-32-52(44)63-53)38-20-16-25-41(34-38)62-50-31-14-11-27-43(50)47-35-49-46(36-51(47)62)42-26-10-13-30-48(42)58(49,39-21-6-2-7-22-39)40-23-8-3-9-24-40/h1-36H. The Bertz CT molecular complexity index is 3700. The Hall–Kier alpha value is -7.99. The van der Waals surface area contributed by atoms with Gasteiger partial charge in [0.2, 0.25) is 0 Å². The van der Waals surface area contributed by atoms with Gasteiger partial charge in [-0.15, -0.1) is 11.3 Å². The van der Waals surface area contributed by atoms with Crippen LogP contribution in [0.1, 0.15) is 22.3 Å². The summed E-state index contributed by atoms with van der Waals surface area (Å²) >= 11 is 1.80. The molecule has 13 rings (SSSR count). The maximum Gasteiger partial charge on any atom is 0.164 e. The van der Waals surface area contributed by atoms with Crippen LogP contribution in [0.3, 0.4) is 0 Å². The van der Waals surface area contributed by atoms with Crippen molar-refractivity contribution in [2.75, 3.05) is 0 Å². The lowest BCUT2D eigenvalue weighted by Crippen LogP contribution is -2.28. The van der Waals surface area contributed by atoms with E-state index in [0.29, 0.717) is 17.5 Å². The van der Waals surface area contributed by atoms with Crippen LogP contribution in [0.4, 0.5) is 0 Å². The second kappa shape index (κ2) is 14.0. The van der Waals surface area contributed by atoms with Crippen molar-refractivity contribution in [2.24, 2.45) is 0 Å². The van der Waals surface area contributed by atoms with Gasteiger partial charge in [-0.25, -0.2) is 15.0 Å². The van der Waals surface area contributed by atoms with Crippen molar-refractivity contribution in [3.8, 4) is 51.0 Å². The molecule has 0 fully saturated rings. The number of aromatic nitrogens is 4. The van der Waals surface area contributed by atoms with E-state index in [1.54, 1.807) is 11.3 Å². The summed E-state index contributed by atoms with van der Waals surface area (Å²) in [6, 6.07) is 78.7. The maximum atomic E-state index is 5.30. The highest BCUT2D eigenvalue weighted by molar-refractivity contribution is 7.25. The Balaban J connectivity index is 1.04. The van der Waals surface area contributed by atoms with Gasteiger partial charge in [-0.05, 0) is 75.8 Å². The summed E-state index contributed by atoms with van der Waals surface area (Å²) in [5, 5.41) is 4.80. The molecule has 0 unspecified atom stereocenters. The van der Waals surface area contributed by atoms with E-state index in [-0.39, 0.29) is 0 Å². The highest BCUT2D eigenvalue weighted by Gasteiger charge is 2.46. The fourth-order valence-electron chi connectivity index (χ4n) is 10.3. The molecule has 12 aromatic rings. The topological polar surface area (TPSA) is 43.6 Å². The predicted molar refractivity (Wildman–Crippen MR) is 261 cm³/mol. The fourth-order valence-corrected chi connectivity index (χ4v) is 11.4. The molecule has 0 aliphatic heterocycles. The number of para-hydroxylation sites is 1. The Kier molecular flexibility index (Phi) is 7.96. The van der Waals surface area contributed by atoms with Crippen molar-refractivity contribution >= 4 is 53.3 Å². The van der Waals surface area contributed by atoms with Gasteiger partial charge in [-0.3, -0.25) is 0 Å². The van der Waals surface area contributed by atoms with Crippen LogP contribution >= 0.6 is 11.3 Å². The molecule has 1 aliphatic rings. The van der Waals surface area contributed by atoms with Crippen LogP contribution in [0.2, 0.25) is 0 Å². The Morgan fingerprint density at radius 2 is 0.952 bits per heavy atom. The van der Waals surface area contributed by atoms with E-state index in [0.717, 1.165) is 33.4 Å². The van der Waals surface area contributed by atoms with Gasteiger partial charge in [0.15, 0.2) is 17.5 Å². The number of thiophene rings is 1. The SMILES string of the molecule is c1ccc(-c2nc(-c3cccc(-n4c5ccccc5c5cc6c(cc54)-c4ccccc4C6(c4ccccc4)c4ccccc4)c3)nc(-c3cccc4sc5ccccc5c34)n2)cc1. The average Bonchev–Trinajstić information content (AvgIpc) is 4.00. The number of rotatable bonds is 6. The first-order valence-corrected chi connectivity index (χ1v) is 22.2. The van der Waals surface area contributed by atoms with Gasteiger partial charge < -0.3 is 4.57 Å². The van der Waals surface area contributed by atoms with Crippen LogP contribution in [0, 0.1) is 0 Å². The molecule has 0 bridgehead atoms. The van der Waals surface area contributed by atoms with Crippen LogP contribution in [0.15, 0.2) is 218 Å². The Morgan fingerprint density at radius 1 is 0.365 bits per heavy atom. The van der Waals surface area contributed by atoms with Gasteiger partial charge in [0.25, 0.3) is 0 Å². The van der Waals surface area contributed by atoms with E-state index in [2.05, 4.69) is 205 Å². The monoisotopic (exact) mass is 820 g/mol. The number of fused-ring (bicyclic) bond motifs is 9. The molecule has 3 aromatic heterocycles. The maximum absolute atomic E-state index is 5.30. The normalized spacial score (nSPS) is 12.9. The van der Waals surface area contributed by atoms with E-state index >= 15 is 0 Å². The second-order valence-electron chi connectivity index (χ2n) is 16.3. The van der Waals surface area contributed by atoms with E-state index in [4.69, 9.17) is 15.0 Å². The third-order valence-corrected chi connectivity index (χ3v) is 14.1. The number of hydrogen-bond donors (Lipinski definition) is 0. The highest BCUT2D eigenvalue weighted by Crippen LogP contribution is 2.57. The van der Waals surface area contributed by atoms with Gasteiger partial charge in [0.05, 0.1) is 16.4 Å². The summed E-state index contributed by atoms with van der Waals surface area (Å²) in [6.07, 6.45) is 0. The van der Waals surface area contributed by atoms with Crippen molar-refractivity contribution in [3.05, 3.63) is 241 Å². The average molecular weight is 821 g/mol. The third-order valence-electron chi connectivity index (χ3n) is 12.9. The molecule has 0 amide bonds. The molecule has 9 aromatic carbocycles. The van der Waals surface area contributed by atoms with Gasteiger partial charge >= 0.3 is 0 Å². The summed E-state index contributed by atoms with van der Waals surface area (Å²) < 4.78 is 4.88. The summed E-state index contributed by atoms with van der Waals surface area (Å²) in [4.78, 5) is 15.7. The molecule has 0 N–H and O–H groups in total. The molecular weight excluding hydrogens is 785 g/mol. The predicted octanol–water partition coefficient (Wildman–Crippen LogP) is 14.7. The molecule has 3 heterocycles. The van der Waals surface area contributed by atoms with E-state index in [1.165, 1.54) is 64.3 Å². The lowest BCUT2D eigenvalue weighted by Gasteiger charge is -2.33. The molecule has 0 radical (unpaired) electrons. The van der Waals surface area contributed by atoms with Crippen molar-refractivity contribution in [3.63, 3.8) is 0 Å². The first-order chi connectivity index (χ1) is 31.2. The summed E-state index contributed by atoms with van der Waals surface area (Å²) in [6.45, 7) is 0. The zero-order valence-corrected chi connectivity index (χ0v) is 34.8. The van der Waals surface area contributed by atoms with E-state index in [1.807, 2.05) is 18.2 Å². The number of benzene rings is 9. The molecule has 4 nitrogen and oxygen atoms in total. The van der Waals surface area contributed by atoms with Gasteiger partial charge in [0.1, 0.15) is 0 Å². The molecule has 0 spiro atoms. The Labute approximate surface area is 368 Å². The minimum absolute atomic E-state index is 0.488.